The summed E-state index contributed by atoms with van der Waals surface area (Å²) >= 11 is 3.63. The van der Waals surface area contributed by atoms with Crippen molar-refractivity contribution in [2.24, 2.45) is 0 Å². The molecule has 1 heterocycles. The fourth-order valence-corrected chi connectivity index (χ4v) is 2.73. The molecule has 0 radical (unpaired) electrons. The van der Waals surface area contributed by atoms with E-state index in [9.17, 15) is 0 Å². The lowest BCUT2D eigenvalue weighted by atomic mass is 9.95. The van der Waals surface area contributed by atoms with E-state index in [0.29, 0.717) is 0 Å². The maximum Gasteiger partial charge on any atom is 0.0612 e. The first-order valence-corrected chi connectivity index (χ1v) is 8.03. The second kappa shape index (κ2) is 7.05. The minimum absolute atomic E-state index is 0.0733. The zero-order valence-corrected chi connectivity index (χ0v) is 14.4. The van der Waals surface area contributed by atoms with Crippen molar-refractivity contribution in [2.45, 2.75) is 33.2 Å². The fraction of sp³-hybridized carbons (Fsp3) is 0.353. The summed E-state index contributed by atoms with van der Waals surface area (Å²) in [6, 6.07) is 6.34. The van der Waals surface area contributed by atoms with Gasteiger partial charge < -0.3 is 11.1 Å². The number of rotatable bonds is 5. The van der Waals surface area contributed by atoms with Crippen molar-refractivity contribution in [3.05, 3.63) is 57.3 Å². The van der Waals surface area contributed by atoms with Crippen LogP contribution in [0.3, 0.4) is 0 Å². The summed E-state index contributed by atoms with van der Waals surface area (Å²) in [4.78, 5) is 4.23. The van der Waals surface area contributed by atoms with Crippen LogP contribution in [0.25, 0.3) is 0 Å². The normalized spacial score (nSPS) is 12.4. The van der Waals surface area contributed by atoms with Crippen LogP contribution in [0.2, 0.25) is 0 Å². The van der Waals surface area contributed by atoms with Gasteiger partial charge in [0.2, 0.25) is 0 Å². The quantitative estimate of drug-likeness (QED) is 0.854. The van der Waals surface area contributed by atoms with Crippen molar-refractivity contribution in [1.82, 2.24) is 10.3 Å². The van der Waals surface area contributed by atoms with Gasteiger partial charge in [-0.1, -0.05) is 35.0 Å². The predicted octanol–water partition coefficient (Wildman–Crippen LogP) is 4.13. The molecular formula is C17H22BrN3. The lowest BCUT2D eigenvalue weighted by molar-refractivity contribution is 0.597. The molecule has 1 aromatic carbocycles. The molecule has 2 rings (SSSR count). The average Bonchev–Trinajstić information content (AvgIpc) is 2.46. The van der Waals surface area contributed by atoms with Gasteiger partial charge in [-0.15, -0.1) is 0 Å². The Hall–Kier alpha value is -1.39. The zero-order chi connectivity index (χ0) is 15.4. The van der Waals surface area contributed by atoms with Crippen molar-refractivity contribution in [1.29, 1.82) is 0 Å². The summed E-state index contributed by atoms with van der Waals surface area (Å²) in [6.07, 6.45) is 4.66. The van der Waals surface area contributed by atoms with Crippen molar-refractivity contribution in [3.8, 4) is 0 Å². The number of benzene rings is 1. The van der Waals surface area contributed by atoms with E-state index in [4.69, 9.17) is 5.73 Å². The number of aromatic nitrogens is 1. The molecular weight excluding hydrogens is 326 g/mol. The lowest BCUT2D eigenvalue weighted by Crippen LogP contribution is -2.24. The van der Waals surface area contributed by atoms with Crippen LogP contribution in [0.4, 0.5) is 5.69 Å². The fourth-order valence-electron chi connectivity index (χ4n) is 2.50. The summed E-state index contributed by atoms with van der Waals surface area (Å²) in [5.74, 6) is 0. The molecule has 0 saturated carbocycles. The Morgan fingerprint density at radius 1 is 1.29 bits per heavy atom. The smallest absolute Gasteiger partial charge is 0.0612 e. The summed E-state index contributed by atoms with van der Waals surface area (Å²) in [7, 11) is 0. The zero-order valence-electron chi connectivity index (χ0n) is 12.8. The number of nitrogens with zero attached hydrogens (tertiary/aromatic N) is 1. The number of aryl methyl sites for hydroxylation is 2. The largest absolute Gasteiger partial charge is 0.398 e. The van der Waals surface area contributed by atoms with Crippen molar-refractivity contribution in [2.75, 3.05) is 12.3 Å². The highest BCUT2D eigenvalue weighted by Crippen LogP contribution is 2.30. The highest BCUT2D eigenvalue weighted by Gasteiger charge is 2.17. The molecule has 3 N–H and O–H groups in total. The van der Waals surface area contributed by atoms with Gasteiger partial charge >= 0.3 is 0 Å². The summed E-state index contributed by atoms with van der Waals surface area (Å²) in [5.41, 5.74) is 11.6. The minimum Gasteiger partial charge on any atom is -0.398 e. The first-order valence-electron chi connectivity index (χ1n) is 7.24. The Labute approximate surface area is 135 Å². The van der Waals surface area contributed by atoms with Crippen LogP contribution in [0.1, 0.15) is 41.6 Å². The van der Waals surface area contributed by atoms with Gasteiger partial charge in [-0.3, -0.25) is 4.98 Å². The van der Waals surface area contributed by atoms with Crippen molar-refractivity contribution >= 4 is 21.6 Å². The summed E-state index contributed by atoms with van der Waals surface area (Å²) in [6.45, 7) is 7.33. The van der Waals surface area contributed by atoms with E-state index in [1.807, 2.05) is 12.3 Å². The van der Waals surface area contributed by atoms with Gasteiger partial charge in [0, 0.05) is 28.1 Å². The molecule has 1 unspecified atom stereocenters. The number of nitrogens with one attached hydrogen (secondary N) is 1. The Morgan fingerprint density at radius 2 is 1.95 bits per heavy atom. The van der Waals surface area contributed by atoms with E-state index in [1.165, 1.54) is 21.2 Å². The third kappa shape index (κ3) is 3.63. The topological polar surface area (TPSA) is 50.9 Å². The van der Waals surface area contributed by atoms with Crippen LogP contribution < -0.4 is 11.1 Å². The molecule has 0 aliphatic heterocycles. The highest BCUT2D eigenvalue weighted by atomic mass is 79.9. The van der Waals surface area contributed by atoms with Gasteiger partial charge in [-0.05, 0) is 49.6 Å². The van der Waals surface area contributed by atoms with E-state index >= 15 is 0 Å². The molecule has 4 heteroatoms. The molecule has 0 amide bonds. The standard InChI is InChI=1S/C17H22BrN3/c1-4-6-21-17(14-10-20-7-5-15(14)19)13-8-11(2)16(18)12(3)9-13/h5,7-10,17,21H,4,6H2,1-3H3,(H2,19,20). The molecule has 2 aromatic rings. The van der Waals surface area contributed by atoms with E-state index in [0.717, 1.165) is 24.2 Å². The van der Waals surface area contributed by atoms with Crippen LogP contribution in [-0.4, -0.2) is 11.5 Å². The molecule has 0 spiro atoms. The van der Waals surface area contributed by atoms with Crippen molar-refractivity contribution < 1.29 is 0 Å². The van der Waals surface area contributed by atoms with Crippen molar-refractivity contribution in [3.63, 3.8) is 0 Å². The Kier molecular flexibility index (Phi) is 5.37. The van der Waals surface area contributed by atoms with Gasteiger partial charge in [-0.2, -0.15) is 0 Å². The van der Waals surface area contributed by atoms with Crippen LogP contribution in [0.15, 0.2) is 35.1 Å². The maximum atomic E-state index is 6.15. The monoisotopic (exact) mass is 347 g/mol. The number of anilines is 1. The van der Waals surface area contributed by atoms with Crippen LogP contribution in [-0.2, 0) is 0 Å². The average molecular weight is 348 g/mol. The number of pyridine rings is 1. The van der Waals surface area contributed by atoms with E-state index in [1.54, 1.807) is 6.20 Å². The molecule has 0 aliphatic carbocycles. The van der Waals surface area contributed by atoms with Gasteiger partial charge in [0.15, 0.2) is 0 Å². The summed E-state index contributed by atoms with van der Waals surface area (Å²) < 4.78 is 1.17. The molecule has 112 valence electrons. The second-order valence-electron chi connectivity index (χ2n) is 5.36. The first kappa shape index (κ1) is 16.0. The van der Waals surface area contributed by atoms with Crippen LogP contribution in [0.5, 0.6) is 0 Å². The third-order valence-corrected chi connectivity index (χ3v) is 4.84. The Morgan fingerprint density at radius 3 is 2.52 bits per heavy atom. The van der Waals surface area contributed by atoms with Crippen LogP contribution in [0, 0.1) is 13.8 Å². The van der Waals surface area contributed by atoms with E-state index in [-0.39, 0.29) is 6.04 Å². The number of nitrogen functional groups attached to an aromatic ring is 1. The number of nitrogens with two attached hydrogens (primary N) is 1. The van der Waals surface area contributed by atoms with E-state index < -0.39 is 0 Å². The SMILES string of the molecule is CCCNC(c1cc(C)c(Br)c(C)c1)c1cnccc1N. The number of hydrogen-bond acceptors (Lipinski definition) is 3. The highest BCUT2D eigenvalue weighted by molar-refractivity contribution is 9.10. The molecule has 0 aliphatic rings. The molecule has 1 atom stereocenters. The number of halogens is 1. The molecule has 1 aromatic heterocycles. The molecule has 21 heavy (non-hydrogen) atoms. The van der Waals surface area contributed by atoms with E-state index in [2.05, 4.69) is 59.1 Å². The minimum atomic E-state index is 0.0733. The Balaban J connectivity index is 2.48. The molecule has 0 bridgehead atoms. The van der Waals surface area contributed by atoms with Gasteiger partial charge in [0.05, 0.1) is 6.04 Å². The van der Waals surface area contributed by atoms with Gasteiger partial charge in [0.25, 0.3) is 0 Å². The predicted molar refractivity (Wildman–Crippen MR) is 92.4 cm³/mol. The number of hydrogen-bond donors (Lipinski definition) is 2. The Bertz CT molecular complexity index is 602. The van der Waals surface area contributed by atoms with Gasteiger partial charge in [0.1, 0.15) is 0 Å². The third-order valence-electron chi connectivity index (χ3n) is 3.59. The molecule has 3 nitrogen and oxygen atoms in total. The molecule has 0 saturated heterocycles. The maximum absolute atomic E-state index is 6.15. The lowest BCUT2D eigenvalue weighted by Gasteiger charge is -2.22. The summed E-state index contributed by atoms with van der Waals surface area (Å²) in [5, 5.41) is 3.58. The second-order valence-corrected chi connectivity index (χ2v) is 6.15. The van der Waals surface area contributed by atoms with Crippen LogP contribution >= 0.6 is 15.9 Å². The molecule has 0 fully saturated rings. The van der Waals surface area contributed by atoms with Gasteiger partial charge in [-0.25, -0.2) is 0 Å². The first-order chi connectivity index (χ1) is 10.0.